The standard InChI is InChI=1S/C16H18ClNO5S2/c1-12-3-8-15(24(2,19)20)11-16(12)25(21,22)18-9-10-23-14-6-4-13(17)5-7-14/h3-8,11,18H,9-10H2,1-2H3. The number of sulfone groups is 1. The van der Waals surface area contributed by atoms with Gasteiger partial charge in [0.25, 0.3) is 0 Å². The summed E-state index contributed by atoms with van der Waals surface area (Å²) < 4.78 is 55.9. The normalized spacial score (nSPS) is 12.1. The molecule has 1 N–H and O–H groups in total. The Kier molecular flexibility index (Phi) is 6.10. The Labute approximate surface area is 152 Å². The van der Waals surface area contributed by atoms with Crippen LogP contribution in [0.5, 0.6) is 5.75 Å². The molecule has 0 fully saturated rings. The Bertz CT molecular complexity index is 955. The topological polar surface area (TPSA) is 89.5 Å². The lowest BCUT2D eigenvalue weighted by Gasteiger charge is -2.11. The molecular weight excluding hydrogens is 386 g/mol. The van der Waals surface area contributed by atoms with Gasteiger partial charge >= 0.3 is 0 Å². The number of hydrogen-bond donors (Lipinski definition) is 1. The maximum atomic E-state index is 12.4. The fourth-order valence-electron chi connectivity index (χ4n) is 2.05. The third-order valence-corrected chi connectivity index (χ3v) is 6.32. The minimum Gasteiger partial charge on any atom is -0.492 e. The van der Waals surface area contributed by atoms with Crippen molar-refractivity contribution in [3.63, 3.8) is 0 Å². The van der Waals surface area contributed by atoms with Gasteiger partial charge in [-0.1, -0.05) is 17.7 Å². The van der Waals surface area contributed by atoms with Crippen molar-refractivity contribution in [2.45, 2.75) is 16.7 Å². The zero-order valence-electron chi connectivity index (χ0n) is 13.7. The van der Waals surface area contributed by atoms with Gasteiger partial charge in [-0.2, -0.15) is 0 Å². The van der Waals surface area contributed by atoms with E-state index in [4.69, 9.17) is 16.3 Å². The summed E-state index contributed by atoms with van der Waals surface area (Å²) in [5, 5.41) is 0.578. The molecule has 0 bridgehead atoms. The SMILES string of the molecule is Cc1ccc(S(C)(=O)=O)cc1S(=O)(=O)NCCOc1ccc(Cl)cc1. The third-order valence-electron chi connectivity index (χ3n) is 3.35. The van der Waals surface area contributed by atoms with E-state index in [1.165, 1.54) is 12.1 Å². The summed E-state index contributed by atoms with van der Waals surface area (Å²) in [6.07, 6.45) is 1.03. The monoisotopic (exact) mass is 403 g/mol. The Hall–Kier alpha value is -1.61. The van der Waals surface area contributed by atoms with Gasteiger partial charge in [0.2, 0.25) is 10.0 Å². The molecule has 0 aromatic heterocycles. The summed E-state index contributed by atoms with van der Waals surface area (Å²) in [7, 11) is -7.35. The van der Waals surface area contributed by atoms with Gasteiger partial charge in [0, 0.05) is 17.8 Å². The van der Waals surface area contributed by atoms with Gasteiger partial charge < -0.3 is 4.74 Å². The van der Waals surface area contributed by atoms with Crippen LogP contribution in [0.25, 0.3) is 0 Å². The Morgan fingerprint density at radius 2 is 1.68 bits per heavy atom. The lowest BCUT2D eigenvalue weighted by molar-refractivity contribution is 0.323. The largest absolute Gasteiger partial charge is 0.492 e. The van der Waals surface area contributed by atoms with Crippen molar-refractivity contribution in [3.8, 4) is 5.75 Å². The number of aryl methyl sites for hydroxylation is 1. The molecule has 9 heteroatoms. The molecule has 0 spiro atoms. The fraction of sp³-hybridized carbons (Fsp3) is 0.250. The zero-order valence-corrected chi connectivity index (χ0v) is 16.1. The van der Waals surface area contributed by atoms with Gasteiger partial charge in [0.05, 0.1) is 9.79 Å². The van der Waals surface area contributed by atoms with E-state index in [0.29, 0.717) is 16.3 Å². The third kappa shape index (κ3) is 5.43. The number of halogens is 1. The predicted molar refractivity (Wildman–Crippen MR) is 96.4 cm³/mol. The summed E-state index contributed by atoms with van der Waals surface area (Å²) in [5.41, 5.74) is 0.457. The van der Waals surface area contributed by atoms with Crippen molar-refractivity contribution in [2.24, 2.45) is 0 Å². The van der Waals surface area contributed by atoms with Gasteiger partial charge in [-0.15, -0.1) is 0 Å². The molecule has 0 aliphatic heterocycles. The molecule has 0 radical (unpaired) electrons. The van der Waals surface area contributed by atoms with Crippen molar-refractivity contribution < 1.29 is 21.6 Å². The van der Waals surface area contributed by atoms with Crippen LogP contribution in [0.4, 0.5) is 0 Å². The minimum absolute atomic E-state index is 0.0352. The summed E-state index contributed by atoms with van der Waals surface area (Å²) in [4.78, 5) is -0.113. The number of nitrogens with one attached hydrogen (secondary N) is 1. The molecule has 0 aliphatic carbocycles. The number of rotatable bonds is 7. The maximum absolute atomic E-state index is 12.4. The molecule has 0 atom stereocenters. The summed E-state index contributed by atoms with van der Waals surface area (Å²) in [6.45, 7) is 1.75. The van der Waals surface area contributed by atoms with E-state index >= 15 is 0 Å². The van der Waals surface area contributed by atoms with Crippen LogP contribution in [0.3, 0.4) is 0 Å². The molecule has 0 saturated carbocycles. The molecular formula is C16H18ClNO5S2. The lowest BCUT2D eigenvalue weighted by Crippen LogP contribution is -2.29. The van der Waals surface area contributed by atoms with Crippen LogP contribution in [-0.4, -0.2) is 36.2 Å². The first-order valence-electron chi connectivity index (χ1n) is 7.28. The maximum Gasteiger partial charge on any atom is 0.240 e. The van der Waals surface area contributed by atoms with Crippen LogP contribution in [0.15, 0.2) is 52.3 Å². The number of sulfonamides is 1. The van der Waals surface area contributed by atoms with Crippen LogP contribution in [0.1, 0.15) is 5.56 Å². The quantitative estimate of drug-likeness (QED) is 0.717. The van der Waals surface area contributed by atoms with Crippen molar-refractivity contribution in [1.82, 2.24) is 4.72 Å². The minimum atomic E-state index is -3.85. The average molecular weight is 404 g/mol. The number of benzene rings is 2. The molecule has 0 aliphatic rings. The van der Waals surface area contributed by atoms with Gasteiger partial charge in [-0.3, -0.25) is 0 Å². The second-order valence-corrected chi connectivity index (χ2v) is 9.59. The van der Waals surface area contributed by atoms with Crippen molar-refractivity contribution in [3.05, 3.63) is 53.1 Å². The zero-order chi connectivity index (χ0) is 18.7. The lowest BCUT2D eigenvalue weighted by atomic mass is 10.2. The summed E-state index contributed by atoms with van der Waals surface area (Å²) in [5.74, 6) is 0.568. The molecule has 136 valence electrons. The molecule has 2 aromatic rings. The van der Waals surface area contributed by atoms with Crippen LogP contribution in [-0.2, 0) is 19.9 Å². The highest BCUT2D eigenvalue weighted by atomic mass is 35.5. The molecule has 2 rings (SSSR count). The number of hydrogen-bond acceptors (Lipinski definition) is 5. The Morgan fingerprint density at radius 1 is 1.04 bits per heavy atom. The second kappa shape index (κ2) is 7.74. The average Bonchev–Trinajstić information content (AvgIpc) is 2.52. The molecule has 2 aromatic carbocycles. The van der Waals surface area contributed by atoms with Gasteiger partial charge in [-0.05, 0) is 48.9 Å². The van der Waals surface area contributed by atoms with Gasteiger partial charge in [0.15, 0.2) is 9.84 Å². The van der Waals surface area contributed by atoms with E-state index < -0.39 is 19.9 Å². The highest BCUT2D eigenvalue weighted by molar-refractivity contribution is 7.91. The van der Waals surface area contributed by atoms with Crippen molar-refractivity contribution in [1.29, 1.82) is 0 Å². The van der Waals surface area contributed by atoms with E-state index in [0.717, 1.165) is 12.3 Å². The molecule has 0 unspecified atom stereocenters. The van der Waals surface area contributed by atoms with E-state index in [2.05, 4.69) is 4.72 Å². The molecule has 0 heterocycles. The van der Waals surface area contributed by atoms with E-state index in [1.807, 2.05) is 0 Å². The van der Waals surface area contributed by atoms with Crippen LogP contribution >= 0.6 is 11.6 Å². The van der Waals surface area contributed by atoms with Crippen LogP contribution < -0.4 is 9.46 Å². The van der Waals surface area contributed by atoms with Gasteiger partial charge in [-0.25, -0.2) is 21.6 Å². The first-order chi connectivity index (χ1) is 11.6. The number of ether oxygens (including phenoxy) is 1. The fourth-order valence-corrected chi connectivity index (χ4v) is 4.18. The van der Waals surface area contributed by atoms with Crippen molar-refractivity contribution in [2.75, 3.05) is 19.4 Å². The van der Waals surface area contributed by atoms with E-state index in [1.54, 1.807) is 31.2 Å². The van der Waals surface area contributed by atoms with Gasteiger partial charge in [0.1, 0.15) is 12.4 Å². The summed E-state index contributed by atoms with van der Waals surface area (Å²) >= 11 is 5.77. The second-order valence-electron chi connectivity index (χ2n) is 5.40. The predicted octanol–water partition coefficient (Wildman–Crippen LogP) is 2.41. The molecule has 0 amide bonds. The van der Waals surface area contributed by atoms with Crippen LogP contribution in [0, 0.1) is 6.92 Å². The Morgan fingerprint density at radius 3 is 2.28 bits per heavy atom. The smallest absolute Gasteiger partial charge is 0.240 e. The Balaban J connectivity index is 2.05. The molecule has 25 heavy (non-hydrogen) atoms. The van der Waals surface area contributed by atoms with Crippen LogP contribution in [0.2, 0.25) is 5.02 Å². The first kappa shape index (κ1) is 19.7. The highest BCUT2D eigenvalue weighted by Gasteiger charge is 2.19. The van der Waals surface area contributed by atoms with Crippen molar-refractivity contribution >= 4 is 31.5 Å². The summed E-state index contributed by atoms with van der Waals surface area (Å²) in [6, 6.07) is 10.7. The first-order valence-corrected chi connectivity index (χ1v) is 11.0. The molecule has 6 nitrogen and oxygen atoms in total. The van der Waals surface area contributed by atoms with E-state index in [9.17, 15) is 16.8 Å². The molecule has 0 saturated heterocycles. The highest BCUT2D eigenvalue weighted by Crippen LogP contribution is 2.20. The van der Waals surface area contributed by atoms with E-state index in [-0.39, 0.29) is 22.9 Å².